The van der Waals surface area contributed by atoms with Crippen LogP contribution in [0.25, 0.3) is 0 Å². The molecule has 0 spiro atoms. The molecule has 0 aromatic carbocycles. The lowest BCUT2D eigenvalue weighted by Crippen LogP contribution is -2.51. The van der Waals surface area contributed by atoms with Gasteiger partial charge in [-0.25, -0.2) is 9.59 Å². The highest BCUT2D eigenvalue weighted by atomic mass is 32.2. The maximum absolute atomic E-state index is 11.9. The van der Waals surface area contributed by atoms with Gasteiger partial charge in [0, 0.05) is 13.1 Å². The maximum Gasteiger partial charge on any atom is 0.326 e. The molecule has 0 aromatic rings. The average molecular weight is 276 g/mol. The van der Waals surface area contributed by atoms with Gasteiger partial charge in [-0.05, 0) is 31.3 Å². The molecule has 2 N–H and O–H groups in total. The maximum atomic E-state index is 11.9. The summed E-state index contributed by atoms with van der Waals surface area (Å²) in [6.45, 7) is 5.51. The number of hydrogen-bond acceptors (Lipinski definition) is 3. The molecule has 0 radical (unpaired) electrons. The lowest BCUT2D eigenvalue weighted by atomic mass is 10.1. The van der Waals surface area contributed by atoms with Crippen molar-refractivity contribution in [1.29, 1.82) is 0 Å². The van der Waals surface area contributed by atoms with Crippen molar-refractivity contribution in [3.05, 3.63) is 0 Å². The van der Waals surface area contributed by atoms with Crippen molar-refractivity contribution in [3.63, 3.8) is 0 Å². The van der Waals surface area contributed by atoms with Crippen LogP contribution in [0.4, 0.5) is 4.79 Å². The molecule has 0 aliphatic rings. The first-order valence-electron chi connectivity index (χ1n) is 6.06. The minimum Gasteiger partial charge on any atom is -0.480 e. The number of nitrogens with zero attached hydrogens (tertiary/aromatic N) is 1. The Morgan fingerprint density at radius 2 is 1.89 bits per heavy atom. The van der Waals surface area contributed by atoms with Crippen molar-refractivity contribution in [3.8, 4) is 0 Å². The second-order valence-corrected chi connectivity index (χ2v) is 5.74. The number of nitrogens with one attached hydrogen (secondary N) is 1. The first-order chi connectivity index (χ1) is 8.31. The molecule has 0 saturated heterocycles. The standard InChI is InChI=1S/C12H24N2O3S/c1-8(2)10(11(15)16)13-12(17)14(4)9(3)6-7-18-5/h8-10H,6-7H2,1-5H3,(H,13,17)(H,15,16)/t9?,10-/m0/s1. The van der Waals surface area contributed by atoms with E-state index >= 15 is 0 Å². The van der Waals surface area contributed by atoms with E-state index in [2.05, 4.69) is 5.32 Å². The molecule has 106 valence electrons. The van der Waals surface area contributed by atoms with E-state index in [1.807, 2.05) is 13.2 Å². The lowest BCUT2D eigenvalue weighted by Gasteiger charge is -2.27. The third-order valence-electron chi connectivity index (χ3n) is 2.93. The van der Waals surface area contributed by atoms with Gasteiger partial charge in [-0.3, -0.25) is 0 Å². The highest BCUT2D eigenvalue weighted by Gasteiger charge is 2.26. The zero-order chi connectivity index (χ0) is 14.3. The van der Waals surface area contributed by atoms with E-state index in [-0.39, 0.29) is 18.0 Å². The van der Waals surface area contributed by atoms with E-state index in [9.17, 15) is 9.59 Å². The Hall–Kier alpha value is -0.910. The van der Waals surface area contributed by atoms with E-state index < -0.39 is 12.0 Å². The van der Waals surface area contributed by atoms with E-state index in [0.717, 1.165) is 12.2 Å². The molecule has 0 heterocycles. The van der Waals surface area contributed by atoms with Gasteiger partial charge >= 0.3 is 12.0 Å². The molecular weight excluding hydrogens is 252 g/mol. The molecule has 18 heavy (non-hydrogen) atoms. The van der Waals surface area contributed by atoms with Crippen molar-refractivity contribution in [2.45, 2.75) is 39.3 Å². The molecule has 0 aromatic heterocycles. The van der Waals surface area contributed by atoms with Gasteiger partial charge in [-0.2, -0.15) is 11.8 Å². The highest BCUT2D eigenvalue weighted by molar-refractivity contribution is 7.98. The van der Waals surface area contributed by atoms with E-state index in [1.165, 1.54) is 0 Å². The Balaban J connectivity index is 4.41. The highest BCUT2D eigenvalue weighted by Crippen LogP contribution is 2.08. The predicted molar refractivity (Wildman–Crippen MR) is 75.0 cm³/mol. The molecule has 5 nitrogen and oxygen atoms in total. The molecule has 2 amide bonds. The van der Waals surface area contributed by atoms with Crippen LogP contribution in [0.2, 0.25) is 0 Å². The molecular formula is C12H24N2O3S. The Bertz CT molecular complexity index is 284. The molecule has 0 aliphatic carbocycles. The van der Waals surface area contributed by atoms with Gasteiger partial charge in [-0.15, -0.1) is 0 Å². The van der Waals surface area contributed by atoms with Gasteiger partial charge in [0.2, 0.25) is 0 Å². The number of urea groups is 1. The van der Waals surface area contributed by atoms with Crippen molar-refractivity contribution in [2.75, 3.05) is 19.1 Å². The minimum absolute atomic E-state index is 0.0963. The topological polar surface area (TPSA) is 69.6 Å². The molecule has 0 saturated carbocycles. The Morgan fingerprint density at radius 3 is 2.28 bits per heavy atom. The van der Waals surface area contributed by atoms with Crippen LogP contribution in [-0.2, 0) is 4.79 Å². The fraction of sp³-hybridized carbons (Fsp3) is 0.833. The van der Waals surface area contributed by atoms with Crippen molar-refractivity contribution >= 4 is 23.8 Å². The summed E-state index contributed by atoms with van der Waals surface area (Å²) >= 11 is 1.73. The van der Waals surface area contributed by atoms with Gasteiger partial charge in [0.15, 0.2) is 0 Å². The number of rotatable bonds is 7. The van der Waals surface area contributed by atoms with Crippen molar-refractivity contribution < 1.29 is 14.7 Å². The fourth-order valence-corrected chi connectivity index (χ4v) is 2.01. The lowest BCUT2D eigenvalue weighted by molar-refractivity contribution is -0.140. The number of carbonyl (C=O) groups is 2. The first kappa shape index (κ1) is 17.1. The summed E-state index contributed by atoms with van der Waals surface area (Å²) in [4.78, 5) is 24.5. The third-order valence-corrected chi connectivity index (χ3v) is 3.58. The number of carbonyl (C=O) groups excluding carboxylic acids is 1. The number of carboxylic acid groups (broad SMARTS) is 1. The zero-order valence-electron chi connectivity index (χ0n) is 11.8. The molecule has 0 bridgehead atoms. The monoisotopic (exact) mass is 276 g/mol. The molecule has 0 fully saturated rings. The Kier molecular flexibility index (Phi) is 7.82. The van der Waals surface area contributed by atoms with E-state index in [0.29, 0.717) is 0 Å². The third kappa shape index (κ3) is 5.62. The SMILES string of the molecule is CSCCC(C)N(C)C(=O)N[C@H](C(=O)O)C(C)C. The summed E-state index contributed by atoms with van der Waals surface area (Å²) in [5.74, 6) is -0.157. The van der Waals surface area contributed by atoms with E-state index in [1.54, 1.807) is 37.6 Å². The van der Waals surface area contributed by atoms with Crippen LogP contribution < -0.4 is 5.32 Å². The average Bonchev–Trinajstić information content (AvgIpc) is 2.30. The summed E-state index contributed by atoms with van der Waals surface area (Å²) in [6.07, 6.45) is 2.91. The van der Waals surface area contributed by atoms with Crippen LogP contribution in [0.5, 0.6) is 0 Å². The second kappa shape index (κ2) is 8.24. The van der Waals surface area contributed by atoms with Crippen LogP contribution in [0.15, 0.2) is 0 Å². The number of aliphatic carboxylic acids is 1. The second-order valence-electron chi connectivity index (χ2n) is 4.75. The van der Waals surface area contributed by atoms with Crippen LogP contribution >= 0.6 is 11.8 Å². The largest absolute Gasteiger partial charge is 0.480 e. The predicted octanol–water partition coefficient (Wildman–Crippen LogP) is 1.88. The Labute approximate surface area is 113 Å². The Morgan fingerprint density at radius 1 is 1.33 bits per heavy atom. The fourth-order valence-electron chi connectivity index (χ4n) is 1.43. The van der Waals surface area contributed by atoms with Gasteiger partial charge < -0.3 is 15.3 Å². The zero-order valence-corrected chi connectivity index (χ0v) is 12.6. The summed E-state index contributed by atoms with van der Waals surface area (Å²) in [5, 5.41) is 11.6. The molecule has 0 aliphatic heterocycles. The smallest absolute Gasteiger partial charge is 0.326 e. The summed E-state index contributed by atoms with van der Waals surface area (Å²) in [6, 6.07) is -1.07. The van der Waals surface area contributed by atoms with Crippen LogP contribution in [0, 0.1) is 5.92 Å². The molecule has 2 atom stereocenters. The molecule has 6 heteroatoms. The van der Waals surface area contributed by atoms with Gasteiger partial charge in [0.25, 0.3) is 0 Å². The number of carboxylic acids is 1. The van der Waals surface area contributed by atoms with Crippen LogP contribution in [0.3, 0.4) is 0 Å². The quantitative estimate of drug-likeness (QED) is 0.745. The normalized spacial score (nSPS) is 14.1. The summed E-state index contributed by atoms with van der Waals surface area (Å²) in [7, 11) is 1.69. The van der Waals surface area contributed by atoms with Crippen LogP contribution in [0.1, 0.15) is 27.2 Å². The number of thioether (sulfide) groups is 1. The summed E-state index contributed by atoms with van der Waals surface area (Å²) in [5.41, 5.74) is 0. The van der Waals surface area contributed by atoms with Crippen molar-refractivity contribution in [2.24, 2.45) is 5.92 Å². The van der Waals surface area contributed by atoms with E-state index in [4.69, 9.17) is 5.11 Å². The van der Waals surface area contributed by atoms with Gasteiger partial charge in [-0.1, -0.05) is 13.8 Å². The van der Waals surface area contributed by atoms with Crippen molar-refractivity contribution in [1.82, 2.24) is 10.2 Å². The molecule has 1 unspecified atom stereocenters. The number of hydrogen-bond donors (Lipinski definition) is 2. The minimum atomic E-state index is -0.997. The van der Waals surface area contributed by atoms with Gasteiger partial charge in [0.05, 0.1) is 0 Å². The first-order valence-corrected chi connectivity index (χ1v) is 7.45. The molecule has 0 rings (SSSR count). The summed E-state index contributed by atoms with van der Waals surface area (Å²) < 4.78 is 0. The van der Waals surface area contributed by atoms with Gasteiger partial charge in [0.1, 0.15) is 6.04 Å². The number of amides is 2. The van der Waals surface area contributed by atoms with Crippen LogP contribution in [-0.4, -0.2) is 53.1 Å².